The largest absolute Gasteiger partial charge is 0.496 e. The lowest BCUT2D eigenvalue weighted by atomic mass is 10.1. The summed E-state index contributed by atoms with van der Waals surface area (Å²) >= 11 is 8.05. The van der Waals surface area contributed by atoms with E-state index in [4.69, 9.17) is 16.3 Å². The second-order valence-corrected chi connectivity index (χ2v) is 8.09. The fourth-order valence-corrected chi connectivity index (χ4v) is 4.59. The van der Waals surface area contributed by atoms with E-state index in [1.165, 1.54) is 0 Å². The summed E-state index contributed by atoms with van der Waals surface area (Å²) in [5, 5.41) is 10.3. The fraction of sp³-hybridized carbons (Fsp3) is 0.286. The zero-order valence-electron chi connectivity index (χ0n) is 16.0. The SMILES string of the molecule is COc1ccc(C=O)cc1CSc1nnc(N2CCCC2)n1-c1ccccc1Cl. The highest BCUT2D eigenvalue weighted by Crippen LogP contribution is 2.34. The van der Waals surface area contributed by atoms with Crippen LogP contribution >= 0.6 is 23.4 Å². The van der Waals surface area contributed by atoms with E-state index in [1.54, 1.807) is 24.9 Å². The number of rotatable bonds is 7. The Balaban J connectivity index is 1.69. The number of hydrogen-bond acceptors (Lipinski definition) is 6. The number of halogens is 1. The molecule has 1 aromatic heterocycles. The van der Waals surface area contributed by atoms with E-state index in [9.17, 15) is 4.79 Å². The molecular weight excluding hydrogens is 408 g/mol. The number of ether oxygens (including phenoxy) is 1. The standard InChI is InChI=1S/C21H21ClN4O2S/c1-28-19-9-8-15(13-27)12-16(19)14-29-21-24-23-20(25-10-4-5-11-25)26(21)18-7-3-2-6-17(18)22/h2-3,6-9,12-13H,4-5,10-11,14H2,1H3. The number of aldehydes is 1. The number of anilines is 1. The minimum Gasteiger partial charge on any atom is -0.496 e. The van der Waals surface area contributed by atoms with E-state index >= 15 is 0 Å². The van der Waals surface area contributed by atoms with Gasteiger partial charge in [-0.05, 0) is 43.2 Å². The molecule has 0 N–H and O–H groups in total. The van der Waals surface area contributed by atoms with Gasteiger partial charge in [0.25, 0.3) is 0 Å². The highest BCUT2D eigenvalue weighted by atomic mass is 35.5. The summed E-state index contributed by atoms with van der Waals surface area (Å²) in [6, 6.07) is 13.1. The Labute approximate surface area is 178 Å². The summed E-state index contributed by atoms with van der Waals surface area (Å²) in [4.78, 5) is 13.4. The van der Waals surface area contributed by atoms with Crippen molar-refractivity contribution in [3.63, 3.8) is 0 Å². The molecule has 0 aliphatic carbocycles. The molecule has 0 spiro atoms. The summed E-state index contributed by atoms with van der Waals surface area (Å²) < 4.78 is 7.47. The molecule has 1 aliphatic heterocycles. The number of hydrogen-bond donors (Lipinski definition) is 0. The van der Waals surface area contributed by atoms with E-state index < -0.39 is 0 Å². The fourth-order valence-electron chi connectivity index (χ4n) is 3.45. The normalized spacial score (nSPS) is 13.7. The predicted octanol–water partition coefficient (Wildman–Crippen LogP) is 4.63. The van der Waals surface area contributed by atoms with Crippen molar-refractivity contribution in [3.05, 3.63) is 58.6 Å². The van der Waals surface area contributed by atoms with Crippen molar-refractivity contribution in [1.29, 1.82) is 0 Å². The number of benzene rings is 2. The number of carbonyl (C=O) groups excluding carboxylic acids is 1. The first kappa shape index (κ1) is 19.8. The molecule has 0 atom stereocenters. The van der Waals surface area contributed by atoms with Crippen molar-refractivity contribution in [1.82, 2.24) is 14.8 Å². The molecule has 0 amide bonds. The average molecular weight is 429 g/mol. The van der Waals surface area contributed by atoms with Gasteiger partial charge >= 0.3 is 0 Å². The van der Waals surface area contributed by atoms with Crippen LogP contribution in [0.2, 0.25) is 5.02 Å². The van der Waals surface area contributed by atoms with Gasteiger partial charge in [0.05, 0.1) is 17.8 Å². The Morgan fingerprint density at radius 1 is 1.17 bits per heavy atom. The zero-order chi connectivity index (χ0) is 20.2. The highest BCUT2D eigenvalue weighted by molar-refractivity contribution is 7.98. The van der Waals surface area contributed by atoms with Crippen molar-refractivity contribution in [3.8, 4) is 11.4 Å². The third-order valence-corrected chi connectivity index (χ3v) is 6.19. The molecule has 2 aromatic carbocycles. The molecule has 6 nitrogen and oxygen atoms in total. The van der Waals surface area contributed by atoms with Crippen LogP contribution < -0.4 is 9.64 Å². The molecule has 3 aromatic rings. The Kier molecular flexibility index (Phi) is 6.06. The van der Waals surface area contributed by atoms with Crippen LogP contribution in [0.3, 0.4) is 0 Å². The molecule has 1 saturated heterocycles. The smallest absolute Gasteiger partial charge is 0.232 e. The van der Waals surface area contributed by atoms with Gasteiger partial charge in [0.15, 0.2) is 5.16 Å². The Morgan fingerprint density at radius 3 is 2.69 bits per heavy atom. The van der Waals surface area contributed by atoms with E-state index in [-0.39, 0.29) is 0 Å². The number of carbonyl (C=O) groups is 1. The van der Waals surface area contributed by atoms with Crippen LogP contribution in [-0.2, 0) is 5.75 Å². The van der Waals surface area contributed by atoms with Gasteiger partial charge in [0.1, 0.15) is 12.0 Å². The summed E-state index contributed by atoms with van der Waals surface area (Å²) in [5.74, 6) is 2.14. The first-order valence-corrected chi connectivity index (χ1v) is 10.8. The monoisotopic (exact) mass is 428 g/mol. The molecule has 0 radical (unpaired) electrons. The van der Waals surface area contributed by atoms with Crippen LogP contribution in [-0.4, -0.2) is 41.2 Å². The number of para-hydroxylation sites is 1. The minimum atomic E-state index is 0.591. The van der Waals surface area contributed by atoms with E-state index in [0.29, 0.717) is 16.3 Å². The summed E-state index contributed by atoms with van der Waals surface area (Å²) in [7, 11) is 1.63. The van der Waals surface area contributed by atoms with Gasteiger partial charge in [0.2, 0.25) is 5.95 Å². The molecule has 0 unspecified atom stereocenters. The van der Waals surface area contributed by atoms with Crippen molar-refractivity contribution in [2.24, 2.45) is 0 Å². The molecule has 4 rings (SSSR count). The van der Waals surface area contributed by atoms with E-state index in [2.05, 4.69) is 15.1 Å². The average Bonchev–Trinajstić information content (AvgIpc) is 3.42. The van der Waals surface area contributed by atoms with Gasteiger partial charge in [-0.1, -0.05) is 35.5 Å². The van der Waals surface area contributed by atoms with Gasteiger partial charge in [0, 0.05) is 30.0 Å². The highest BCUT2D eigenvalue weighted by Gasteiger charge is 2.23. The Bertz CT molecular complexity index is 1020. The zero-order valence-corrected chi connectivity index (χ0v) is 17.6. The molecule has 8 heteroatoms. The lowest BCUT2D eigenvalue weighted by Crippen LogP contribution is -2.22. The molecule has 150 valence electrons. The minimum absolute atomic E-state index is 0.591. The van der Waals surface area contributed by atoms with Crippen LogP contribution in [0, 0.1) is 0 Å². The third-order valence-electron chi connectivity index (χ3n) is 4.90. The van der Waals surface area contributed by atoms with Gasteiger partial charge in [-0.3, -0.25) is 9.36 Å². The van der Waals surface area contributed by atoms with E-state index in [0.717, 1.165) is 60.3 Å². The van der Waals surface area contributed by atoms with Gasteiger partial charge < -0.3 is 9.64 Å². The van der Waals surface area contributed by atoms with Crippen LogP contribution in [0.15, 0.2) is 47.6 Å². The second kappa shape index (κ2) is 8.88. The van der Waals surface area contributed by atoms with Gasteiger partial charge in [-0.15, -0.1) is 10.2 Å². The second-order valence-electron chi connectivity index (χ2n) is 6.74. The van der Waals surface area contributed by atoms with E-state index in [1.807, 2.05) is 41.0 Å². The third kappa shape index (κ3) is 4.11. The number of aromatic nitrogens is 3. The maximum atomic E-state index is 11.2. The molecule has 2 heterocycles. The lowest BCUT2D eigenvalue weighted by molar-refractivity contribution is 0.112. The quantitative estimate of drug-likeness (QED) is 0.403. The number of nitrogens with zero attached hydrogens (tertiary/aromatic N) is 4. The van der Waals surface area contributed by atoms with Crippen molar-refractivity contribution in [2.45, 2.75) is 23.8 Å². The van der Waals surface area contributed by atoms with Crippen molar-refractivity contribution >= 4 is 35.6 Å². The van der Waals surface area contributed by atoms with Crippen LogP contribution in [0.25, 0.3) is 5.69 Å². The van der Waals surface area contributed by atoms with Crippen LogP contribution in [0.5, 0.6) is 5.75 Å². The molecule has 1 aliphatic rings. The van der Waals surface area contributed by atoms with Crippen LogP contribution in [0.1, 0.15) is 28.8 Å². The molecular formula is C21H21ClN4O2S. The maximum Gasteiger partial charge on any atom is 0.232 e. The molecule has 29 heavy (non-hydrogen) atoms. The topological polar surface area (TPSA) is 60.2 Å². The predicted molar refractivity (Wildman–Crippen MR) is 116 cm³/mol. The first-order valence-electron chi connectivity index (χ1n) is 9.41. The molecule has 1 fully saturated rings. The number of thioether (sulfide) groups is 1. The molecule has 0 bridgehead atoms. The summed E-state index contributed by atoms with van der Waals surface area (Å²) in [5.41, 5.74) is 2.41. The first-order chi connectivity index (χ1) is 14.2. The lowest BCUT2D eigenvalue weighted by Gasteiger charge is -2.19. The van der Waals surface area contributed by atoms with Crippen molar-refractivity contribution in [2.75, 3.05) is 25.1 Å². The van der Waals surface area contributed by atoms with Crippen molar-refractivity contribution < 1.29 is 9.53 Å². The number of methoxy groups -OCH3 is 1. The Hall–Kier alpha value is -2.51. The Morgan fingerprint density at radius 2 is 1.97 bits per heavy atom. The summed E-state index contributed by atoms with van der Waals surface area (Å²) in [6.07, 6.45) is 3.13. The molecule has 0 saturated carbocycles. The summed E-state index contributed by atoms with van der Waals surface area (Å²) in [6.45, 7) is 1.92. The maximum absolute atomic E-state index is 11.2. The van der Waals surface area contributed by atoms with Crippen LogP contribution in [0.4, 0.5) is 5.95 Å². The van der Waals surface area contributed by atoms with Gasteiger partial charge in [-0.25, -0.2) is 0 Å². The van der Waals surface area contributed by atoms with Gasteiger partial charge in [-0.2, -0.15) is 0 Å².